The number of carbonyl (C=O) groups excluding carboxylic acids is 1. The van der Waals surface area contributed by atoms with Crippen molar-refractivity contribution in [2.45, 2.75) is 19.2 Å². The van der Waals surface area contributed by atoms with Gasteiger partial charge in [-0.15, -0.1) is 0 Å². The number of nitrogens with zero attached hydrogens (tertiary/aromatic N) is 4. The van der Waals surface area contributed by atoms with E-state index in [9.17, 15) is 17.6 Å². The molecule has 6 rings (SSSR count). The van der Waals surface area contributed by atoms with Crippen molar-refractivity contribution in [3.63, 3.8) is 0 Å². The van der Waals surface area contributed by atoms with Crippen LogP contribution in [0, 0.1) is 17.6 Å². The van der Waals surface area contributed by atoms with Gasteiger partial charge < -0.3 is 16.0 Å². The molecule has 1 atom stereocenters. The summed E-state index contributed by atoms with van der Waals surface area (Å²) in [5, 5.41) is 8.66. The molecule has 0 saturated heterocycles. The molecule has 11 nitrogen and oxygen atoms in total. The number of imidazole rings is 1. The zero-order valence-electron chi connectivity index (χ0n) is 23.7. The van der Waals surface area contributed by atoms with E-state index < -0.39 is 26.8 Å². The van der Waals surface area contributed by atoms with E-state index in [4.69, 9.17) is 5.73 Å². The van der Waals surface area contributed by atoms with Crippen LogP contribution in [0.5, 0.6) is 0 Å². The SMILES string of the molecule is CC(C)C(=O)Nc1cncc(-c2ccc3[nH]nc(-c4nc5c(-c6cc(F)cc(C(N)S(C)(=O)=O)c6)nccc5[nH]4)c3c2F)c1. The molecule has 0 fully saturated rings. The van der Waals surface area contributed by atoms with E-state index in [1.54, 1.807) is 38.1 Å². The third kappa shape index (κ3) is 5.29. The molecule has 4 heterocycles. The molecular weight excluding hydrogens is 590 g/mol. The number of hydrogen-bond donors (Lipinski definition) is 4. The van der Waals surface area contributed by atoms with Crippen molar-refractivity contribution < 1.29 is 22.0 Å². The fourth-order valence-electron chi connectivity index (χ4n) is 4.83. The lowest BCUT2D eigenvalue weighted by atomic mass is 10.0. The maximum atomic E-state index is 16.2. The fraction of sp³-hybridized carbons (Fsp3) is 0.167. The van der Waals surface area contributed by atoms with Gasteiger partial charge in [-0.05, 0) is 48.0 Å². The second kappa shape index (κ2) is 10.9. The number of rotatable bonds is 7. The molecule has 0 aliphatic carbocycles. The highest BCUT2D eigenvalue weighted by Gasteiger charge is 2.23. The van der Waals surface area contributed by atoms with E-state index in [0.717, 1.165) is 12.3 Å². The Morgan fingerprint density at radius 1 is 1.00 bits per heavy atom. The van der Waals surface area contributed by atoms with Crippen molar-refractivity contribution in [2.75, 3.05) is 11.6 Å². The van der Waals surface area contributed by atoms with Gasteiger partial charge in [0.1, 0.15) is 28.2 Å². The highest BCUT2D eigenvalue weighted by molar-refractivity contribution is 7.90. The Morgan fingerprint density at radius 3 is 2.55 bits per heavy atom. The first-order valence-electron chi connectivity index (χ1n) is 13.4. The smallest absolute Gasteiger partial charge is 0.226 e. The number of anilines is 1. The number of nitrogens with two attached hydrogens (primary N) is 1. The van der Waals surface area contributed by atoms with Gasteiger partial charge in [0.15, 0.2) is 15.7 Å². The zero-order chi connectivity index (χ0) is 31.3. The Hall–Kier alpha value is -5.08. The number of aromatic amines is 2. The standard InChI is InChI=1S/C30H26F2N8O3S/c1-14(2)30(41)36-19-11-17(12-34-13-19)20-4-5-21-23(24(20)32)27(40-39-21)29-37-22-6-7-35-25(26(22)38-29)15-8-16(10-18(31)9-15)28(33)44(3,42)43/h4-14,28H,33H2,1-3H3,(H,36,41)(H,37,38)(H,39,40). The van der Waals surface area contributed by atoms with Crippen molar-refractivity contribution >= 4 is 43.4 Å². The van der Waals surface area contributed by atoms with Crippen LogP contribution in [0.2, 0.25) is 0 Å². The molecule has 0 aliphatic heterocycles. The molecule has 0 spiro atoms. The zero-order valence-corrected chi connectivity index (χ0v) is 24.5. The van der Waals surface area contributed by atoms with Crippen LogP contribution in [0.15, 0.2) is 61.1 Å². The van der Waals surface area contributed by atoms with Crippen molar-refractivity contribution in [1.82, 2.24) is 30.1 Å². The van der Waals surface area contributed by atoms with E-state index in [-0.39, 0.29) is 51.1 Å². The number of pyridine rings is 2. The quantitative estimate of drug-likeness (QED) is 0.192. The summed E-state index contributed by atoms with van der Waals surface area (Å²) in [4.78, 5) is 28.5. The molecule has 1 unspecified atom stereocenters. The van der Waals surface area contributed by atoms with E-state index in [0.29, 0.717) is 27.8 Å². The first-order valence-corrected chi connectivity index (χ1v) is 15.4. The molecule has 14 heteroatoms. The van der Waals surface area contributed by atoms with Gasteiger partial charge in [0, 0.05) is 41.3 Å². The lowest BCUT2D eigenvalue weighted by Gasteiger charge is -2.12. The lowest BCUT2D eigenvalue weighted by Crippen LogP contribution is -2.20. The van der Waals surface area contributed by atoms with E-state index in [1.165, 1.54) is 30.7 Å². The van der Waals surface area contributed by atoms with Crippen LogP contribution in [0.25, 0.3) is 55.8 Å². The van der Waals surface area contributed by atoms with Gasteiger partial charge in [-0.25, -0.2) is 22.2 Å². The number of amides is 1. The number of fused-ring (bicyclic) bond motifs is 2. The molecule has 0 bridgehead atoms. The Morgan fingerprint density at radius 2 is 1.80 bits per heavy atom. The summed E-state index contributed by atoms with van der Waals surface area (Å²) in [6, 6.07) is 10.3. The van der Waals surface area contributed by atoms with Gasteiger partial charge in [0.05, 0.1) is 34.0 Å². The first kappa shape index (κ1) is 29.0. The molecular formula is C30H26F2N8O3S. The van der Waals surface area contributed by atoms with Crippen LogP contribution in [-0.4, -0.2) is 50.7 Å². The molecule has 5 N–H and O–H groups in total. The number of hydrogen-bond acceptors (Lipinski definition) is 8. The topological polar surface area (TPSA) is 172 Å². The number of sulfone groups is 1. The predicted molar refractivity (Wildman–Crippen MR) is 163 cm³/mol. The second-order valence-corrected chi connectivity index (χ2v) is 12.9. The van der Waals surface area contributed by atoms with Crippen molar-refractivity contribution in [3.05, 3.63) is 78.3 Å². The van der Waals surface area contributed by atoms with E-state index in [1.807, 2.05) is 0 Å². The highest BCUT2D eigenvalue weighted by Crippen LogP contribution is 2.36. The Kier molecular flexibility index (Phi) is 7.18. The summed E-state index contributed by atoms with van der Waals surface area (Å²) < 4.78 is 54.9. The van der Waals surface area contributed by atoms with Crippen molar-refractivity contribution in [1.29, 1.82) is 0 Å². The molecule has 2 aromatic carbocycles. The Balaban J connectivity index is 1.44. The molecule has 0 saturated carbocycles. The Bertz CT molecular complexity index is 2190. The summed E-state index contributed by atoms with van der Waals surface area (Å²) in [6.45, 7) is 3.53. The van der Waals surface area contributed by atoms with Gasteiger partial charge in [0.2, 0.25) is 5.91 Å². The number of carbonyl (C=O) groups is 1. The molecule has 0 radical (unpaired) electrons. The molecule has 0 aliphatic rings. The molecule has 44 heavy (non-hydrogen) atoms. The normalized spacial score (nSPS) is 12.7. The third-order valence-electron chi connectivity index (χ3n) is 7.12. The van der Waals surface area contributed by atoms with Crippen molar-refractivity contribution in [2.24, 2.45) is 11.7 Å². The van der Waals surface area contributed by atoms with Crippen LogP contribution < -0.4 is 11.1 Å². The largest absolute Gasteiger partial charge is 0.336 e. The van der Waals surface area contributed by atoms with Crippen LogP contribution in [0.3, 0.4) is 0 Å². The maximum Gasteiger partial charge on any atom is 0.226 e. The van der Waals surface area contributed by atoms with Crippen LogP contribution >= 0.6 is 0 Å². The maximum absolute atomic E-state index is 16.2. The number of benzene rings is 2. The summed E-state index contributed by atoms with van der Waals surface area (Å²) >= 11 is 0. The number of aromatic nitrogens is 6. The molecule has 224 valence electrons. The average Bonchev–Trinajstić information content (AvgIpc) is 3.61. The first-order chi connectivity index (χ1) is 20.9. The second-order valence-electron chi connectivity index (χ2n) is 10.7. The van der Waals surface area contributed by atoms with E-state index in [2.05, 4.69) is 35.5 Å². The Labute approximate surface area is 249 Å². The average molecular weight is 617 g/mol. The lowest BCUT2D eigenvalue weighted by molar-refractivity contribution is -0.118. The third-order valence-corrected chi connectivity index (χ3v) is 8.31. The van der Waals surface area contributed by atoms with Crippen LogP contribution in [-0.2, 0) is 14.6 Å². The van der Waals surface area contributed by atoms with Gasteiger partial charge in [0.25, 0.3) is 0 Å². The molecule has 6 aromatic rings. The van der Waals surface area contributed by atoms with Gasteiger partial charge in [-0.1, -0.05) is 13.8 Å². The van der Waals surface area contributed by atoms with Gasteiger partial charge in [-0.3, -0.25) is 19.9 Å². The van der Waals surface area contributed by atoms with E-state index >= 15 is 4.39 Å². The molecule has 1 amide bonds. The summed E-state index contributed by atoms with van der Waals surface area (Å²) in [5.41, 5.74) is 9.02. The predicted octanol–water partition coefficient (Wildman–Crippen LogP) is 5.10. The minimum atomic E-state index is -3.70. The summed E-state index contributed by atoms with van der Waals surface area (Å²) in [7, 11) is -3.70. The summed E-state index contributed by atoms with van der Waals surface area (Å²) in [5.74, 6) is -1.49. The van der Waals surface area contributed by atoms with Gasteiger partial charge >= 0.3 is 0 Å². The number of halogens is 2. The van der Waals surface area contributed by atoms with Crippen LogP contribution in [0.4, 0.5) is 14.5 Å². The minimum Gasteiger partial charge on any atom is -0.336 e. The van der Waals surface area contributed by atoms with Crippen molar-refractivity contribution in [3.8, 4) is 33.9 Å². The fourth-order valence-corrected chi connectivity index (χ4v) is 5.46. The minimum absolute atomic E-state index is 0.0623. The highest BCUT2D eigenvalue weighted by atomic mass is 32.2. The summed E-state index contributed by atoms with van der Waals surface area (Å²) in [6.07, 6.45) is 5.44. The monoisotopic (exact) mass is 616 g/mol. The van der Waals surface area contributed by atoms with Crippen LogP contribution in [0.1, 0.15) is 24.8 Å². The van der Waals surface area contributed by atoms with Gasteiger partial charge in [-0.2, -0.15) is 5.10 Å². The number of H-pyrrole nitrogens is 2. The molecule has 4 aromatic heterocycles. The number of nitrogens with one attached hydrogen (secondary N) is 3.